The lowest BCUT2D eigenvalue weighted by Crippen LogP contribution is -2.52. The van der Waals surface area contributed by atoms with Crippen molar-refractivity contribution in [2.24, 2.45) is 4.99 Å². The van der Waals surface area contributed by atoms with Crippen LogP contribution >= 0.6 is 0 Å². The van der Waals surface area contributed by atoms with E-state index in [1.54, 1.807) is 19.4 Å². The van der Waals surface area contributed by atoms with Crippen molar-refractivity contribution in [1.82, 2.24) is 15.2 Å². The first kappa shape index (κ1) is 18.8. The minimum absolute atomic E-state index is 0.329. The second-order valence-electron chi connectivity index (χ2n) is 6.30. The number of aromatic hydroxyl groups is 1. The number of aromatic nitrogens is 1. The van der Waals surface area contributed by atoms with E-state index >= 15 is 0 Å². The third kappa shape index (κ3) is 4.61. The molecule has 144 valence electrons. The number of hydrogen-bond donors (Lipinski definition) is 2. The van der Waals surface area contributed by atoms with Crippen molar-refractivity contribution in [2.75, 3.05) is 44.7 Å². The van der Waals surface area contributed by atoms with Crippen LogP contribution in [0.4, 0.5) is 5.69 Å². The topological polar surface area (TPSA) is 73.2 Å². The summed E-state index contributed by atoms with van der Waals surface area (Å²) < 4.78 is 5.31. The molecule has 27 heavy (non-hydrogen) atoms. The molecule has 0 amide bonds. The van der Waals surface area contributed by atoms with E-state index in [1.807, 2.05) is 30.3 Å². The Kier molecular flexibility index (Phi) is 6.35. The average molecular weight is 369 g/mol. The lowest BCUT2D eigenvalue weighted by atomic mass is 10.2. The van der Waals surface area contributed by atoms with Gasteiger partial charge in [0.05, 0.1) is 19.3 Å². The van der Waals surface area contributed by atoms with E-state index in [0.29, 0.717) is 18.2 Å². The van der Waals surface area contributed by atoms with Gasteiger partial charge in [0, 0.05) is 44.5 Å². The summed E-state index contributed by atoms with van der Waals surface area (Å²) in [6.45, 7) is 6.73. The van der Waals surface area contributed by atoms with E-state index < -0.39 is 0 Å². The number of pyridine rings is 1. The monoisotopic (exact) mass is 369 g/mol. The Bertz CT molecular complexity index is 772. The first-order chi connectivity index (χ1) is 13.2. The number of anilines is 1. The van der Waals surface area contributed by atoms with Crippen molar-refractivity contribution < 1.29 is 9.84 Å². The fourth-order valence-electron chi connectivity index (χ4n) is 3.20. The lowest BCUT2D eigenvalue weighted by molar-refractivity contribution is 0.369. The number of benzene rings is 1. The molecule has 0 bridgehead atoms. The van der Waals surface area contributed by atoms with Gasteiger partial charge in [-0.15, -0.1) is 0 Å². The van der Waals surface area contributed by atoms with E-state index in [4.69, 9.17) is 9.73 Å². The zero-order valence-electron chi connectivity index (χ0n) is 15.9. The van der Waals surface area contributed by atoms with Crippen molar-refractivity contribution in [3.63, 3.8) is 0 Å². The fourth-order valence-corrected chi connectivity index (χ4v) is 3.20. The summed E-state index contributed by atoms with van der Waals surface area (Å²) in [7, 11) is 1.62. The summed E-state index contributed by atoms with van der Waals surface area (Å²) in [6.07, 6.45) is 1.72. The van der Waals surface area contributed by atoms with Gasteiger partial charge in [-0.3, -0.25) is 0 Å². The van der Waals surface area contributed by atoms with Crippen LogP contribution in [0.5, 0.6) is 11.6 Å². The third-order valence-electron chi connectivity index (χ3n) is 4.58. The molecule has 7 nitrogen and oxygen atoms in total. The normalized spacial score (nSPS) is 15.0. The summed E-state index contributed by atoms with van der Waals surface area (Å²) >= 11 is 0. The first-order valence-electron chi connectivity index (χ1n) is 9.27. The van der Waals surface area contributed by atoms with Crippen LogP contribution in [0.3, 0.4) is 0 Å². The third-order valence-corrected chi connectivity index (χ3v) is 4.58. The number of para-hydroxylation sites is 2. The highest BCUT2D eigenvalue weighted by atomic mass is 16.5. The molecule has 2 heterocycles. The number of rotatable bonds is 5. The van der Waals surface area contributed by atoms with Gasteiger partial charge in [-0.25, -0.2) is 9.98 Å². The minimum atomic E-state index is 0.329. The number of ether oxygens (including phenoxy) is 1. The average Bonchev–Trinajstić information content (AvgIpc) is 2.72. The molecule has 1 aromatic carbocycles. The van der Waals surface area contributed by atoms with Crippen LogP contribution in [-0.4, -0.2) is 60.8 Å². The first-order valence-corrected chi connectivity index (χ1v) is 9.27. The van der Waals surface area contributed by atoms with Gasteiger partial charge >= 0.3 is 0 Å². The van der Waals surface area contributed by atoms with Gasteiger partial charge in [0.1, 0.15) is 5.75 Å². The molecule has 1 aromatic heterocycles. The van der Waals surface area contributed by atoms with Gasteiger partial charge in [0.25, 0.3) is 0 Å². The fraction of sp³-hybridized carbons (Fsp3) is 0.400. The van der Waals surface area contributed by atoms with Crippen LogP contribution in [-0.2, 0) is 6.54 Å². The Balaban J connectivity index is 1.67. The minimum Gasteiger partial charge on any atom is -0.506 e. The van der Waals surface area contributed by atoms with Crippen LogP contribution in [0.25, 0.3) is 0 Å². The predicted octanol–water partition coefficient (Wildman–Crippen LogP) is 2.08. The summed E-state index contributed by atoms with van der Waals surface area (Å²) in [4.78, 5) is 13.5. The van der Waals surface area contributed by atoms with Gasteiger partial charge in [0.2, 0.25) is 5.88 Å². The molecule has 0 unspecified atom stereocenters. The van der Waals surface area contributed by atoms with Gasteiger partial charge in [-0.1, -0.05) is 18.2 Å². The summed E-state index contributed by atoms with van der Waals surface area (Å²) in [5.41, 5.74) is 1.85. The summed E-state index contributed by atoms with van der Waals surface area (Å²) in [5.74, 6) is 1.83. The quantitative estimate of drug-likeness (QED) is 0.621. The van der Waals surface area contributed by atoms with Crippen molar-refractivity contribution >= 4 is 11.6 Å². The summed E-state index contributed by atoms with van der Waals surface area (Å²) in [6, 6.07) is 11.4. The molecule has 0 atom stereocenters. The molecule has 3 rings (SSSR count). The van der Waals surface area contributed by atoms with Gasteiger partial charge in [-0.05, 0) is 25.1 Å². The molecule has 7 heteroatoms. The molecule has 1 saturated heterocycles. The molecule has 1 aliphatic heterocycles. The second-order valence-corrected chi connectivity index (χ2v) is 6.30. The number of aliphatic imine (C=N–C) groups is 1. The smallest absolute Gasteiger partial charge is 0.218 e. The van der Waals surface area contributed by atoms with Crippen molar-refractivity contribution in [2.45, 2.75) is 13.5 Å². The van der Waals surface area contributed by atoms with E-state index in [1.165, 1.54) is 0 Å². The van der Waals surface area contributed by atoms with Gasteiger partial charge in [-0.2, -0.15) is 0 Å². The Morgan fingerprint density at radius 1 is 1.19 bits per heavy atom. The Morgan fingerprint density at radius 2 is 1.96 bits per heavy atom. The maximum Gasteiger partial charge on any atom is 0.218 e. The maximum absolute atomic E-state index is 10.1. The number of nitrogens with one attached hydrogen (secondary N) is 1. The second kappa shape index (κ2) is 9.12. The SMILES string of the molecule is CCNC(=NCc1cccnc1OC)N1CCN(c2ccccc2O)CC1. The largest absolute Gasteiger partial charge is 0.506 e. The van der Waals surface area contributed by atoms with E-state index in [2.05, 4.69) is 27.0 Å². The van der Waals surface area contributed by atoms with Crippen LogP contribution < -0.4 is 15.0 Å². The number of phenolic OH excluding ortho intramolecular Hbond substituents is 1. The Hall–Kier alpha value is -2.96. The van der Waals surface area contributed by atoms with Gasteiger partial charge in [0.15, 0.2) is 5.96 Å². The number of hydrogen-bond acceptors (Lipinski definition) is 5. The predicted molar refractivity (Wildman–Crippen MR) is 107 cm³/mol. The van der Waals surface area contributed by atoms with Crippen molar-refractivity contribution in [3.05, 3.63) is 48.2 Å². The molecule has 0 radical (unpaired) electrons. The molecule has 0 spiro atoms. The number of phenols is 1. The highest BCUT2D eigenvalue weighted by Gasteiger charge is 2.21. The molecular formula is C20H27N5O2. The van der Waals surface area contributed by atoms with Crippen LogP contribution in [0.2, 0.25) is 0 Å². The van der Waals surface area contributed by atoms with Crippen LogP contribution in [0, 0.1) is 0 Å². The zero-order valence-corrected chi connectivity index (χ0v) is 15.9. The Labute approximate surface area is 160 Å². The van der Waals surface area contributed by atoms with Crippen LogP contribution in [0.1, 0.15) is 12.5 Å². The van der Waals surface area contributed by atoms with Crippen molar-refractivity contribution in [1.29, 1.82) is 0 Å². The molecule has 2 N–H and O–H groups in total. The Morgan fingerprint density at radius 3 is 2.67 bits per heavy atom. The number of methoxy groups -OCH3 is 1. The zero-order chi connectivity index (χ0) is 19.1. The molecule has 1 fully saturated rings. The molecule has 1 aliphatic rings. The van der Waals surface area contributed by atoms with E-state index in [9.17, 15) is 5.11 Å². The molecular weight excluding hydrogens is 342 g/mol. The number of nitrogens with zero attached hydrogens (tertiary/aromatic N) is 4. The van der Waals surface area contributed by atoms with E-state index in [0.717, 1.165) is 49.9 Å². The highest BCUT2D eigenvalue weighted by Crippen LogP contribution is 2.27. The number of guanidine groups is 1. The molecule has 0 saturated carbocycles. The van der Waals surface area contributed by atoms with Gasteiger partial charge < -0.3 is 25.0 Å². The van der Waals surface area contributed by atoms with Crippen molar-refractivity contribution in [3.8, 4) is 11.6 Å². The maximum atomic E-state index is 10.1. The molecule has 2 aromatic rings. The lowest BCUT2D eigenvalue weighted by Gasteiger charge is -2.37. The standard InChI is InChI=1S/C20H27N5O2/c1-3-21-20(23-15-16-7-6-10-22-19(16)27-2)25-13-11-24(12-14-25)17-8-4-5-9-18(17)26/h4-10,26H,3,11-15H2,1-2H3,(H,21,23). The molecule has 0 aliphatic carbocycles. The van der Waals surface area contributed by atoms with Crippen LogP contribution in [0.15, 0.2) is 47.6 Å². The summed E-state index contributed by atoms with van der Waals surface area (Å²) in [5, 5.41) is 13.4. The highest BCUT2D eigenvalue weighted by molar-refractivity contribution is 5.80. The number of piperazine rings is 1. The van der Waals surface area contributed by atoms with E-state index in [-0.39, 0.29) is 0 Å².